The Hall–Kier alpha value is -3.26. The first-order valence-corrected chi connectivity index (χ1v) is 8.42. The van der Waals surface area contributed by atoms with Crippen molar-refractivity contribution in [3.63, 3.8) is 0 Å². The van der Waals surface area contributed by atoms with Gasteiger partial charge in [-0.3, -0.25) is 14.9 Å². The van der Waals surface area contributed by atoms with Gasteiger partial charge >= 0.3 is 5.97 Å². The summed E-state index contributed by atoms with van der Waals surface area (Å²) in [5, 5.41) is 11.9. The van der Waals surface area contributed by atoms with Crippen molar-refractivity contribution in [2.24, 2.45) is 0 Å². The van der Waals surface area contributed by atoms with Crippen LogP contribution in [0.3, 0.4) is 0 Å². The van der Waals surface area contributed by atoms with Crippen LogP contribution in [0.2, 0.25) is 0 Å². The molecule has 0 bridgehead atoms. The molecule has 2 N–H and O–H groups in total. The molecule has 7 nitrogen and oxygen atoms in total. The Kier molecular flexibility index (Phi) is 4.68. The zero-order valence-corrected chi connectivity index (χ0v) is 14.5. The van der Waals surface area contributed by atoms with E-state index in [0.29, 0.717) is 4.88 Å². The molecule has 3 rings (SSSR count). The number of hydrogen-bond donors (Lipinski definition) is 1. The maximum atomic E-state index is 12.4. The molecule has 8 heteroatoms. The standard InChI is InChI=1S/C18H14N2O5S/c1-10-12-4-2-3-5-16(12)26-17(10)15(21)9-25-18(22)11-6-7-13(19)14(8-11)20(23)24/h2-8H,9,19H2,1H3. The maximum absolute atomic E-state index is 12.4. The number of nitrogen functional groups attached to an aromatic ring is 1. The summed E-state index contributed by atoms with van der Waals surface area (Å²) in [6, 6.07) is 11.2. The topological polar surface area (TPSA) is 113 Å². The number of nitro groups is 1. The molecule has 2 aromatic carbocycles. The Bertz CT molecular complexity index is 1040. The number of aryl methyl sites for hydroxylation is 1. The highest BCUT2D eigenvalue weighted by Gasteiger charge is 2.20. The van der Waals surface area contributed by atoms with Crippen LogP contribution in [0.4, 0.5) is 11.4 Å². The number of Topliss-reactive ketones (excluding diaryl/α,β-unsaturated/α-hetero) is 1. The van der Waals surface area contributed by atoms with E-state index in [1.165, 1.54) is 23.5 Å². The number of benzene rings is 2. The smallest absolute Gasteiger partial charge is 0.338 e. The molecule has 3 aromatic rings. The van der Waals surface area contributed by atoms with Gasteiger partial charge in [0.1, 0.15) is 5.69 Å². The summed E-state index contributed by atoms with van der Waals surface area (Å²) >= 11 is 1.34. The molecule has 0 aliphatic carbocycles. The quantitative estimate of drug-likeness (QED) is 0.241. The summed E-state index contributed by atoms with van der Waals surface area (Å²) in [5.41, 5.74) is 5.87. The van der Waals surface area contributed by atoms with Gasteiger partial charge in [0.15, 0.2) is 6.61 Å². The Morgan fingerprint density at radius 1 is 1.23 bits per heavy atom. The van der Waals surface area contributed by atoms with E-state index in [9.17, 15) is 19.7 Å². The third-order valence-corrected chi connectivity index (χ3v) is 5.21. The number of fused-ring (bicyclic) bond motifs is 1. The lowest BCUT2D eigenvalue weighted by Crippen LogP contribution is -2.14. The number of thiophene rings is 1. The van der Waals surface area contributed by atoms with Crippen molar-refractivity contribution in [1.82, 2.24) is 0 Å². The van der Waals surface area contributed by atoms with Crippen LogP contribution in [0, 0.1) is 17.0 Å². The van der Waals surface area contributed by atoms with E-state index in [1.807, 2.05) is 31.2 Å². The molecule has 0 atom stereocenters. The summed E-state index contributed by atoms with van der Waals surface area (Å²) in [6.07, 6.45) is 0. The molecule has 0 saturated carbocycles. The number of nitrogens with two attached hydrogens (primary N) is 1. The van der Waals surface area contributed by atoms with Crippen LogP contribution in [-0.4, -0.2) is 23.3 Å². The lowest BCUT2D eigenvalue weighted by Gasteiger charge is -2.05. The van der Waals surface area contributed by atoms with Gasteiger partial charge in [0.05, 0.1) is 15.4 Å². The first kappa shape index (κ1) is 17.6. The van der Waals surface area contributed by atoms with Gasteiger partial charge in [-0.25, -0.2) is 4.79 Å². The Balaban J connectivity index is 1.75. The maximum Gasteiger partial charge on any atom is 0.338 e. The van der Waals surface area contributed by atoms with Gasteiger partial charge in [-0.1, -0.05) is 18.2 Å². The van der Waals surface area contributed by atoms with Gasteiger partial charge in [0.2, 0.25) is 5.78 Å². The Morgan fingerprint density at radius 2 is 1.96 bits per heavy atom. The molecule has 0 unspecified atom stereocenters. The Labute approximate surface area is 152 Å². The van der Waals surface area contributed by atoms with Crippen LogP contribution in [0.5, 0.6) is 0 Å². The van der Waals surface area contributed by atoms with Gasteiger partial charge in [0.25, 0.3) is 5.69 Å². The number of hydrogen-bond acceptors (Lipinski definition) is 7. The van der Waals surface area contributed by atoms with E-state index in [0.717, 1.165) is 21.7 Å². The summed E-state index contributed by atoms with van der Waals surface area (Å²) in [6.45, 7) is 1.40. The third kappa shape index (κ3) is 3.27. The van der Waals surface area contributed by atoms with E-state index >= 15 is 0 Å². The highest BCUT2D eigenvalue weighted by atomic mass is 32.1. The van der Waals surface area contributed by atoms with Crippen molar-refractivity contribution in [3.8, 4) is 0 Å². The van der Waals surface area contributed by atoms with Crippen molar-refractivity contribution in [1.29, 1.82) is 0 Å². The predicted octanol–water partition coefficient (Wildman–Crippen LogP) is 3.74. The van der Waals surface area contributed by atoms with Gasteiger partial charge in [-0.05, 0) is 36.1 Å². The van der Waals surface area contributed by atoms with Crippen molar-refractivity contribution in [2.45, 2.75) is 6.92 Å². The number of nitro benzene ring substituents is 1. The van der Waals surface area contributed by atoms with Crippen LogP contribution >= 0.6 is 11.3 Å². The number of anilines is 1. The van der Waals surface area contributed by atoms with Crippen molar-refractivity contribution < 1.29 is 19.2 Å². The molecule has 1 heterocycles. The minimum atomic E-state index is -0.819. The first-order chi connectivity index (χ1) is 12.4. The largest absolute Gasteiger partial charge is 0.454 e. The number of esters is 1. The summed E-state index contributed by atoms with van der Waals surface area (Å²) in [4.78, 5) is 35.2. The molecule has 0 saturated heterocycles. The van der Waals surface area contributed by atoms with Gasteiger partial charge in [0, 0.05) is 10.8 Å². The minimum absolute atomic E-state index is 0.0354. The highest BCUT2D eigenvalue weighted by molar-refractivity contribution is 7.21. The van der Waals surface area contributed by atoms with Crippen LogP contribution < -0.4 is 5.73 Å². The number of carbonyl (C=O) groups is 2. The van der Waals surface area contributed by atoms with Crippen molar-refractivity contribution >= 4 is 44.6 Å². The molecule has 0 radical (unpaired) electrons. The second kappa shape index (κ2) is 6.93. The lowest BCUT2D eigenvalue weighted by atomic mass is 10.1. The van der Waals surface area contributed by atoms with E-state index in [-0.39, 0.29) is 22.7 Å². The molecular weight excluding hydrogens is 356 g/mol. The number of carbonyl (C=O) groups excluding carboxylic acids is 2. The van der Waals surface area contributed by atoms with Crippen LogP contribution in [-0.2, 0) is 4.74 Å². The highest BCUT2D eigenvalue weighted by Crippen LogP contribution is 2.31. The molecule has 0 fully saturated rings. The van der Waals surface area contributed by atoms with Gasteiger partial charge < -0.3 is 10.5 Å². The van der Waals surface area contributed by atoms with Crippen molar-refractivity contribution in [2.75, 3.05) is 12.3 Å². The van der Waals surface area contributed by atoms with E-state index in [1.54, 1.807) is 0 Å². The predicted molar refractivity (Wildman–Crippen MR) is 98.7 cm³/mol. The number of ether oxygens (including phenoxy) is 1. The summed E-state index contributed by atoms with van der Waals surface area (Å²) in [7, 11) is 0. The molecular formula is C18H14N2O5S. The van der Waals surface area contributed by atoms with Crippen LogP contribution in [0.1, 0.15) is 25.6 Å². The minimum Gasteiger partial charge on any atom is -0.454 e. The van der Waals surface area contributed by atoms with Crippen LogP contribution in [0.15, 0.2) is 42.5 Å². The van der Waals surface area contributed by atoms with Crippen molar-refractivity contribution in [3.05, 3.63) is 68.6 Å². The fourth-order valence-electron chi connectivity index (χ4n) is 2.55. The fourth-order valence-corrected chi connectivity index (χ4v) is 3.68. The Morgan fingerprint density at radius 3 is 2.65 bits per heavy atom. The van der Waals surface area contributed by atoms with E-state index < -0.39 is 17.5 Å². The number of nitrogens with zero attached hydrogens (tertiary/aromatic N) is 1. The monoisotopic (exact) mass is 370 g/mol. The first-order valence-electron chi connectivity index (χ1n) is 7.61. The van der Waals surface area contributed by atoms with Gasteiger partial charge in [-0.15, -0.1) is 11.3 Å². The van der Waals surface area contributed by atoms with E-state index in [2.05, 4.69) is 0 Å². The molecule has 0 aliphatic heterocycles. The van der Waals surface area contributed by atoms with E-state index in [4.69, 9.17) is 10.5 Å². The zero-order valence-electron chi connectivity index (χ0n) is 13.7. The third-order valence-electron chi connectivity index (χ3n) is 3.89. The average Bonchev–Trinajstić information content (AvgIpc) is 2.97. The van der Waals surface area contributed by atoms with Gasteiger partial charge in [-0.2, -0.15) is 0 Å². The SMILES string of the molecule is Cc1c(C(=O)COC(=O)c2ccc(N)c([N+](=O)[O-])c2)sc2ccccc12. The second-order valence-corrected chi connectivity index (χ2v) is 6.63. The fraction of sp³-hybridized carbons (Fsp3) is 0.111. The number of ketones is 1. The molecule has 132 valence electrons. The normalized spacial score (nSPS) is 10.7. The zero-order chi connectivity index (χ0) is 18.8. The molecule has 26 heavy (non-hydrogen) atoms. The molecule has 0 spiro atoms. The molecule has 1 aromatic heterocycles. The number of rotatable bonds is 5. The molecule has 0 amide bonds. The lowest BCUT2D eigenvalue weighted by molar-refractivity contribution is -0.383. The summed E-state index contributed by atoms with van der Waals surface area (Å²) < 4.78 is 6.01. The average molecular weight is 370 g/mol. The van der Waals surface area contributed by atoms with Crippen LogP contribution in [0.25, 0.3) is 10.1 Å². The summed E-state index contributed by atoms with van der Waals surface area (Å²) in [5.74, 6) is -1.14. The molecule has 0 aliphatic rings. The second-order valence-electron chi connectivity index (χ2n) is 5.58.